The van der Waals surface area contributed by atoms with Crippen LogP contribution in [0.1, 0.15) is 137 Å². The van der Waals surface area contributed by atoms with Crippen molar-refractivity contribution in [1.82, 2.24) is 63.0 Å². The van der Waals surface area contributed by atoms with Gasteiger partial charge in [0.2, 0.25) is 35.4 Å². The van der Waals surface area contributed by atoms with E-state index in [1.165, 1.54) is 0 Å². The number of fused-ring (bicyclic) bond motifs is 2. The third-order valence-corrected chi connectivity index (χ3v) is 22.7. The smallest absolute Gasteiger partial charge is 0.255 e. The molecular formula is C86H108N14O10. The summed E-state index contributed by atoms with van der Waals surface area (Å²) in [5.41, 5.74) is -0.341. The quantitative estimate of drug-likeness (QED) is 0.0154. The van der Waals surface area contributed by atoms with Crippen molar-refractivity contribution in [1.29, 1.82) is 0 Å². The average molecular weight is 1500 g/mol. The lowest BCUT2D eigenvalue weighted by atomic mass is 9.81. The fraction of sp³-hybridized carbons (Fsp3) is 0.442. The molecule has 24 heteroatoms. The second kappa shape index (κ2) is 38.8. The van der Waals surface area contributed by atoms with Gasteiger partial charge in [-0.2, -0.15) is 0 Å². The van der Waals surface area contributed by atoms with Crippen LogP contribution >= 0.6 is 0 Å². The molecule has 4 aliphatic heterocycles. The lowest BCUT2D eigenvalue weighted by Crippen LogP contribution is -2.62. The fourth-order valence-corrected chi connectivity index (χ4v) is 16.6. The van der Waals surface area contributed by atoms with Crippen molar-refractivity contribution in [3.05, 3.63) is 236 Å². The number of likely N-dealkylation sites (N-methyl/N-ethyl adjacent to an activating group) is 2. The summed E-state index contributed by atoms with van der Waals surface area (Å²) in [6, 6.07) is 50.6. The Balaban J connectivity index is 0.704. The highest BCUT2D eigenvalue weighted by Crippen LogP contribution is 2.39. The van der Waals surface area contributed by atoms with E-state index in [-0.39, 0.29) is 85.1 Å². The number of carbonyl (C=O) groups excluding carboxylic acids is 8. The van der Waals surface area contributed by atoms with Gasteiger partial charge in [0.05, 0.1) is 12.1 Å². The molecule has 4 fully saturated rings. The Morgan fingerprint density at radius 2 is 0.718 bits per heavy atom. The second-order valence-electron chi connectivity index (χ2n) is 29.5. The zero-order valence-electron chi connectivity index (χ0n) is 63.6. The van der Waals surface area contributed by atoms with E-state index in [1.54, 1.807) is 121 Å². The summed E-state index contributed by atoms with van der Waals surface area (Å²) in [5, 5.41) is 38.3. The van der Waals surface area contributed by atoms with Gasteiger partial charge in [0.1, 0.15) is 35.5 Å². The van der Waals surface area contributed by atoms with E-state index in [2.05, 4.69) is 63.8 Å². The van der Waals surface area contributed by atoms with Gasteiger partial charge in [0, 0.05) is 76.3 Å². The third-order valence-electron chi connectivity index (χ3n) is 22.7. The molecule has 582 valence electrons. The monoisotopic (exact) mass is 1500 g/mol. The number of benzene rings is 6. The molecule has 7 aromatic rings. The Bertz CT molecular complexity index is 3930. The number of anilines is 2. The molecular weight excluding hydrogens is 1390 g/mol. The van der Waals surface area contributed by atoms with Crippen LogP contribution in [0.3, 0.4) is 0 Å². The molecule has 4 heterocycles. The topological polar surface area (TPSA) is 322 Å². The summed E-state index contributed by atoms with van der Waals surface area (Å²) in [6.07, 6.45) is 7.17. The Kier molecular flexibility index (Phi) is 28.4. The summed E-state index contributed by atoms with van der Waals surface area (Å²) in [4.78, 5) is 149. The Labute approximate surface area is 644 Å². The van der Waals surface area contributed by atoms with E-state index in [9.17, 15) is 19.2 Å². The molecule has 7 aromatic carbocycles. The van der Waals surface area contributed by atoms with Crippen LogP contribution in [0.2, 0.25) is 0 Å². The number of nitrogens with one attached hydrogen (secondary N) is 12. The van der Waals surface area contributed by atoms with Crippen molar-refractivity contribution in [2.45, 2.75) is 176 Å². The normalized spacial score (nSPS) is 20.4. The lowest BCUT2D eigenvalue weighted by molar-refractivity contribution is -0.145. The van der Waals surface area contributed by atoms with Crippen LogP contribution in [0, 0.1) is 11.8 Å². The van der Waals surface area contributed by atoms with E-state index in [1.807, 2.05) is 98.8 Å². The molecule has 11 rings (SSSR count). The number of amides is 8. The molecule has 24 nitrogen and oxygen atoms in total. The van der Waals surface area contributed by atoms with Crippen molar-refractivity contribution in [3.63, 3.8) is 0 Å². The molecule has 12 N–H and O–H groups in total. The van der Waals surface area contributed by atoms with Crippen LogP contribution in [0.4, 0.5) is 11.4 Å². The largest absolute Gasteiger partial charge is 0.380 e. The van der Waals surface area contributed by atoms with Crippen molar-refractivity contribution < 1.29 is 38.4 Å². The summed E-state index contributed by atoms with van der Waals surface area (Å²) >= 11 is 0. The molecule has 0 aromatic heterocycles. The first-order valence-corrected chi connectivity index (χ1v) is 39.4. The standard InChI is InChI=1S/C86H108N14O10/c1-5-67(87-3)77(103)95-71-59(55-89-53-57-29-13-7-14-30-57)41-43-65-45-47-69(99(65)81(71)107)79(105)97-85(61-33-17-9-18-34-61,62-35-19-10-20-36-62)83(109)93-51-27-25-49-91-73-74(76(102)75(73)101)92-50-26-28-52-94-84(110)86(63-37-21-11-22-38-63,64-39-23-12-24-40-64)98-80(106)70-48-46-66-44-42-60(56-90-54-58-31-15-8-16-32-58)72(82(108)100(66)70)96-78(104)68(6-2)88-4/h7-24,29-40,59-60,65-72,87-92H,5-6,25-28,41-56H2,1-4H3,(H,93,109)(H,94,110)(H,95,103)(H,96,104)(H,97,105)(H,98,106)/t59-,60-,65+,66+,67+,68+,69+,70?,71+,72+/m1/s1. The van der Waals surface area contributed by atoms with Gasteiger partial charge in [-0.15, -0.1) is 0 Å². The molecule has 0 aliphatic carbocycles. The maximum absolute atomic E-state index is 15.3. The Morgan fingerprint density at radius 1 is 0.409 bits per heavy atom. The minimum atomic E-state index is -1.76. The van der Waals surface area contributed by atoms with Gasteiger partial charge in [-0.1, -0.05) is 196 Å². The van der Waals surface area contributed by atoms with Crippen LogP contribution in [-0.2, 0) is 62.5 Å². The summed E-state index contributed by atoms with van der Waals surface area (Å²) in [5.74, 6) is -3.80. The van der Waals surface area contributed by atoms with Gasteiger partial charge < -0.3 is 73.6 Å². The SMILES string of the molecule is CC[C@H](NC)C(=O)N[C@@H]1C(=O)N2C(C(=O)NC(C(=O)NCCCCNc3c(NCCCCNC(=O)C(NC(=O)[C@@H]4CC[C@@H]5CC[C@H](CNCc6ccccc6)[C@H](NC(=O)[C@H](CC)NC)C(=O)N54)(c4ccccc4)c4ccccc4)c(=O)c3=O)(c3ccccc3)c3ccccc3)CC[C@@H]2CC[C@@H]1CNCc1ccccc1. The van der Waals surface area contributed by atoms with E-state index < -0.39 is 81.8 Å². The lowest BCUT2D eigenvalue weighted by Gasteiger charge is -2.38. The highest BCUT2D eigenvalue weighted by Gasteiger charge is 2.53. The van der Waals surface area contributed by atoms with Crippen molar-refractivity contribution >= 4 is 58.6 Å². The molecule has 8 amide bonds. The molecule has 0 bridgehead atoms. The predicted molar refractivity (Wildman–Crippen MR) is 426 cm³/mol. The number of unbranched alkanes of at least 4 members (excludes halogenated alkanes) is 2. The van der Waals surface area contributed by atoms with Crippen LogP contribution in [0.5, 0.6) is 0 Å². The number of nitrogens with zero attached hydrogens (tertiary/aromatic N) is 2. The molecule has 4 saturated heterocycles. The molecule has 0 radical (unpaired) electrons. The first-order valence-electron chi connectivity index (χ1n) is 39.4. The van der Waals surface area contributed by atoms with Gasteiger partial charge in [-0.05, 0) is 137 Å². The van der Waals surface area contributed by atoms with E-state index in [0.717, 1.165) is 11.1 Å². The average Bonchev–Trinajstić information content (AvgIpc) is 1.41. The number of hydrogen-bond donors (Lipinski definition) is 12. The summed E-state index contributed by atoms with van der Waals surface area (Å²) < 4.78 is 0. The Morgan fingerprint density at radius 3 is 1.04 bits per heavy atom. The zero-order valence-corrected chi connectivity index (χ0v) is 63.6. The highest BCUT2D eigenvalue weighted by atomic mass is 16.2. The molecule has 4 aliphatic rings. The van der Waals surface area contributed by atoms with E-state index in [4.69, 9.17) is 0 Å². The fourth-order valence-electron chi connectivity index (χ4n) is 16.6. The highest BCUT2D eigenvalue weighted by molar-refractivity contribution is 6.01. The van der Waals surface area contributed by atoms with E-state index in [0.29, 0.717) is 138 Å². The molecule has 10 atom stereocenters. The van der Waals surface area contributed by atoms with Gasteiger partial charge >= 0.3 is 0 Å². The van der Waals surface area contributed by atoms with Crippen LogP contribution in [0.15, 0.2) is 192 Å². The van der Waals surface area contributed by atoms with Gasteiger partial charge in [0.15, 0.2) is 11.1 Å². The zero-order chi connectivity index (χ0) is 77.6. The minimum absolute atomic E-state index is 0.155. The third kappa shape index (κ3) is 18.5. The van der Waals surface area contributed by atoms with E-state index >= 15 is 28.8 Å². The number of hydrogen-bond acceptors (Lipinski definition) is 16. The number of rotatable bonds is 38. The first-order chi connectivity index (χ1) is 53.6. The maximum Gasteiger partial charge on any atom is 0.255 e. The summed E-state index contributed by atoms with van der Waals surface area (Å²) in [7, 11) is 3.42. The minimum Gasteiger partial charge on any atom is -0.380 e. The van der Waals surface area contributed by atoms with Crippen molar-refractivity contribution in [2.75, 3.05) is 64.0 Å². The molecule has 1 unspecified atom stereocenters. The summed E-state index contributed by atoms with van der Waals surface area (Å²) in [6.45, 7) is 6.78. The molecule has 110 heavy (non-hydrogen) atoms. The van der Waals surface area contributed by atoms with Crippen LogP contribution in [0.25, 0.3) is 0 Å². The Hall–Kier alpha value is -10.4. The van der Waals surface area contributed by atoms with Gasteiger partial charge in [-0.25, -0.2) is 0 Å². The van der Waals surface area contributed by atoms with Gasteiger partial charge in [-0.3, -0.25) is 47.9 Å². The van der Waals surface area contributed by atoms with Gasteiger partial charge in [0.25, 0.3) is 22.7 Å². The van der Waals surface area contributed by atoms with Crippen molar-refractivity contribution in [3.8, 4) is 0 Å². The first kappa shape index (κ1) is 80.6. The predicted octanol–water partition coefficient (Wildman–Crippen LogP) is 6.10. The van der Waals surface area contributed by atoms with Crippen molar-refractivity contribution in [2.24, 2.45) is 11.8 Å². The van der Waals surface area contributed by atoms with Crippen LogP contribution < -0.4 is 74.7 Å². The molecule has 0 spiro atoms. The second-order valence-corrected chi connectivity index (χ2v) is 29.5. The maximum atomic E-state index is 15.3. The van der Waals surface area contributed by atoms with Crippen LogP contribution in [-0.4, -0.2) is 159 Å². The number of carbonyl (C=O) groups is 8. The molecule has 0 saturated carbocycles.